The summed E-state index contributed by atoms with van der Waals surface area (Å²) in [6, 6.07) is 11.9. The number of nitrogens with zero attached hydrogens (tertiary/aromatic N) is 4. The molecule has 3 aromatic heterocycles. The summed E-state index contributed by atoms with van der Waals surface area (Å²) in [5.41, 5.74) is 6.48. The van der Waals surface area contributed by atoms with Crippen LogP contribution >= 0.6 is 11.3 Å². The van der Waals surface area contributed by atoms with Crippen LogP contribution in [0.5, 0.6) is 0 Å². The molecule has 7 heteroatoms. The summed E-state index contributed by atoms with van der Waals surface area (Å²) in [6.45, 7) is 9.21. The SMILES string of the molecule is CCCCNc1nc(-c2cc(C)n(-c3c(C)n(C)n(-c4ccccc4)c3=O)c2C)cs1. The van der Waals surface area contributed by atoms with Crippen LogP contribution in [0.4, 0.5) is 5.13 Å². The number of benzene rings is 1. The monoisotopic (exact) mass is 435 g/mol. The average molecular weight is 436 g/mol. The van der Waals surface area contributed by atoms with E-state index in [0.29, 0.717) is 5.69 Å². The van der Waals surface area contributed by atoms with Crippen molar-refractivity contribution in [2.75, 3.05) is 11.9 Å². The topological polar surface area (TPSA) is 56.8 Å². The van der Waals surface area contributed by atoms with Crippen LogP contribution in [0.1, 0.15) is 36.8 Å². The summed E-state index contributed by atoms with van der Waals surface area (Å²) in [4.78, 5) is 18.3. The van der Waals surface area contributed by atoms with Gasteiger partial charge in [-0.1, -0.05) is 31.5 Å². The Hall–Kier alpha value is -3.06. The van der Waals surface area contributed by atoms with Crippen LogP contribution in [0, 0.1) is 20.8 Å². The van der Waals surface area contributed by atoms with Gasteiger partial charge in [-0.2, -0.15) is 0 Å². The van der Waals surface area contributed by atoms with E-state index in [1.807, 2.05) is 55.9 Å². The Kier molecular flexibility index (Phi) is 5.87. The van der Waals surface area contributed by atoms with Gasteiger partial charge in [0.25, 0.3) is 5.56 Å². The molecule has 0 aliphatic rings. The fourth-order valence-corrected chi connectivity index (χ4v) is 4.77. The minimum absolute atomic E-state index is 0.0280. The fourth-order valence-electron chi connectivity index (χ4n) is 4.03. The number of para-hydroxylation sites is 1. The van der Waals surface area contributed by atoms with Gasteiger partial charge in [0.15, 0.2) is 5.13 Å². The summed E-state index contributed by atoms with van der Waals surface area (Å²) < 4.78 is 5.71. The fraction of sp³-hybridized carbons (Fsp3) is 0.333. The Morgan fingerprint density at radius 3 is 2.55 bits per heavy atom. The van der Waals surface area contributed by atoms with Gasteiger partial charge >= 0.3 is 0 Å². The highest BCUT2D eigenvalue weighted by Crippen LogP contribution is 2.32. The quantitative estimate of drug-likeness (QED) is 0.405. The molecule has 4 aromatic rings. The van der Waals surface area contributed by atoms with Crippen molar-refractivity contribution in [1.82, 2.24) is 18.9 Å². The summed E-state index contributed by atoms with van der Waals surface area (Å²) in [6.07, 6.45) is 2.29. The normalized spacial score (nSPS) is 11.3. The van der Waals surface area contributed by atoms with E-state index in [1.54, 1.807) is 16.0 Å². The van der Waals surface area contributed by atoms with Gasteiger partial charge in [-0.3, -0.25) is 9.48 Å². The molecule has 0 atom stereocenters. The zero-order chi connectivity index (χ0) is 22.1. The van der Waals surface area contributed by atoms with Crippen molar-refractivity contribution in [1.29, 1.82) is 0 Å². The predicted molar refractivity (Wildman–Crippen MR) is 129 cm³/mol. The van der Waals surface area contributed by atoms with Gasteiger partial charge < -0.3 is 9.88 Å². The van der Waals surface area contributed by atoms with Crippen molar-refractivity contribution in [3.63, 3.8) is 0 Å². The zero-order valence-corrected chi connectivity index (χ0v) is 19.6. The molecule has 4 rings (SSSR count). The number of anilines is 1. The Morgan fingerprint density at radius 1 is 1.10 bits per heavy atom. The molecule has 0 amide bonds. The van der Waals surface area contributed by atoms with E-state index in [4.69, 9.17) is 4.98 Å². The highest BCUT2D eigenvalue weighted by atomic mass is 32.1. The minimum Gasteiger partial charge on any atom is -0.362 e. The van der Waals surface area contributed by atoms with Crippen LogP contribution < -0.4 is 10.9 Å². The number of aromatic nitrogens is 4. The maximum Gasteiger partial charge on any atom is 0.295 e. The van der Waals surface area contributed by atoms with Crippen LogP contribution in [0.15, 0.2) is 46.6 Å². The van der Waals surface area contributed by atoms with Gasteiger partial charge in [0.05, 0.1) is 17.1 Å². The number of aryl methyl sites for hydroxylation is 1. The molecule has 0 radical (unpaired) electrons. The lowest BCUT2D eigenvalue weighted by Crippen LogP contribution is -2.21. The summed E-state index contributed by atoms with van der Waals surface area (Å²) >= 11 is 1.62. The molecule has 0 spiro atoms. The van der Waals surface area contributed by atoms with Gasteiger partial charge in [-0.05, 0) is 45.4 Å². The maximum absolute atomic E-state index is 13.5. The minimum atomic E-state index is -0.0280. The second kappa shape index (κ2) is 8.59. The Morgan fingerprint density at radius 2 is 1.84 bits per heavy atom. The molecule has 0 saturated carbocycles. The number of rotatable bonds is 7. The van der Waals surface area contributed by atoms with Crippen LogP contribution in [-0.2, 0) is 7.05 Å². The van der Waals surface area contributed by atoms with E-state index in [2.05, 4.69) is 35.2 Å². The van der Waals surface area contributed by atoms with Gasteiger partial charge in [-0.15, -0.1) is 11.3 Å². The average Bonchev–Trinajstić information content (AvgIpc) is 3.40. The van der Waals surface area contributed by atoms with Gasteiger partial charge in [0.1, 0.15) is 5.69 Å². The Bertz CT molecular complexity index is 1260. The standard InChI is InChI=1S/C24H29N5OS/c1-6-7-13-25-24-26-21(15-31-24)20-14-16(2)28(17(20)3)22-18(4)27(5)29(23(22)30)19-11-9-8-10-12-19/h8-12,14-15H,6-7,13H2,1-5H3,(H,25,26). The third kappa shape index (κ3) is 3.74. The third-order valence-corrected chi connectivity index (χ3v) is 6.57. The molecule has 0 unspecified atom stereocenters. The molecule has 162 valence electrons. The second-order valence-corrected chi connectivity index (χ2v) is 8.71. The molecule has 0 aliphatic carbocycles. The van der Waals surface area contributed by atoms with Crippen molar-refractivity contribution < 1.29 is 0 Å². The smallest absolute Gasteiger partial charge is 0.295 e. The predicted octanol–water partition coefficient (Wildman–Crippen LogP) is 5.23. The third-order valence-electron chi connectivity index (χ3n) is 5.77. The number of unbranched alkanes of at least 4 members (excludes halogenated alkanes) is 1. The molecule has 1 aromatic carbocycles. The molecule has 0 fully saturated rings. The summed E-state index contributed by atoms with van der Waals surface area (Å²) in [5.74, 6) is 0. The van der Waals surface area contributed by atoms with Gasteiger partial charge in [0.2, 0.25) is 0 Å². The molecule has 3 heterocycles. The first kappa shape index (κ1) is 21.2. The lowest BCUT2D eigenvalue weighted by Gasteiger charge is -2.08. The maximum atomic E-state index is 13.5. The number of nitrogens with one attached hydrogen (secondary N) is 1. The molecular weight excluding hydrogens is 406 g/mol. The highest BCUT2D eigenvalue weighted by Gasteiger charge is 2.22. The molecule has 0 saturated heterocycles. The number of hydrogen-bond acceptors (Lipinski definition) is 4. The molecule has 1 N–H and O–H groups in total. The van der Waals surface area contributed by atoms with Crippen LogP contribution in [0.25, 0.3) is 22.6 Å². The van der Waals surface area contributed by atoms with Crippen LogP contribution in [-0.4, -0.2) is 25.5 Å². The van der Waals surface area contributed by atoms with E-state index >= 15 is 0 Å². The van der Waals surface area contributed by atoms with E-state index in [-0.39, 0.29) is 5.56 Å². The van der Waals surface area contributed by atoms with E-state index in [1.165, 1.54) is 0 Å². The van der Waals surface area contributed by atoms with Crippen molar-refractivity contribution in [3.05, 3.63) is 69.2 Å². The lowest BCUT2D eigenvalue weighted by molar-refractivity contribution is 0.630. The van der Waals surface area contributed by atoms with Crippen molar-refractivity contribution in [2.24, 2.45) is 7.05 Å². The summed E-state index contributed by atoms with van der Waals surface area (Å²) in [5, 5.41) is 6.42. The van der Waals surface area contributed by atoms with Gasteiger partial charge in [-0.25, -0.2) is 9.67 Å². The van der Waals surface area contributed by atoms with Crippen LogP contribution in [0.2, 0.25) is 0 Å². The first-order valence-corrected chi connectivity index (χ1v) is 11.5. The molecule has 31 heavy (non-hydrogen) atoms. The van der Waals surface area contributed by atoms with E-state index in [9.17, 15) is 4.79 Å². The van der Waals surface area contributed by atoms with Gasteiger partial charge in [0, 0.05) is 35.9 Å². The molecule has 0 aliphatic heterocycles. The second-order valence-electron chi connectivity index (χ2n) is 7.85. The summed E-state index contributed by atoms with van der Waals surface area (Å²) in [7, 11) is 1.93. The number of thiazole rings is 1. The van der Waals surface area contributed by atoms with E-state index < -0.39 is 0 Å². The van der Waals surface area contributed by atoms with Crippen LogP contribution in [0.3, 0.4) is 0 Å². The zero-order valence-electron chi connectivity index (χ0n) is 18.8. The first-order chi connectivity index (χ1) is 14.9. The molecular formula is C24H29N5OS. The highest BCUT2D eigenvalue weighted by molar-refractivity contribution is 7.14. The Labute approximate surface area is 186 Å². The van der Waals surface area contributed by atoms with Crippen molar-refractivity contribution >= 4 is 16.5 Å². The first-order valence-electron chi connectivity index (χ1n) is 10.7. The number of hydrogen-bond donors (Lipinski definition) is 1. The van der Waals surface area contributed by atoms with E-state index in [0.717, 1.165) is 58.5 Å². The molecule has 6 nitrogen and oxygen atoms in total. The van der Waals surface area contributed by atoms with Crippen molar-refractivity contribution in [3.8, 4) is 22.6 Å². The Balaban J connectivity index is 1.78. The largest absolute Gasteiger partial charge is 0.362 e. The lowest BCUT2D eigenvalue weighted by atomic mass is 10.2. The molecule has 0 bridgehead atoms. The van der Waals surface area contributed by atoms with Crippen molar-refractivity contribution in [2.45, 2.75) is 40.5 Å².